The predicted molar refractivity (Wildman–Crippen MR) is 151 cm³/mol. The summed E-state index contributed by atoms with van der Waals surface area (Å²) in [5.41, 5.74) is 1.36. The Morgan fingerprint density at radius 3 is 1.79 bits per heavy atom. The Kier molecular flexibility index (Phi) is 20.6. The van der Waals surface area contributed by atoms with E-state index in [9.17, 15) is 5.11 Å². The molecule has 0 saturated carbocycles. The maximum atomic E-state index is 12.0. The third-order valence-electron chi connectivity index (χ3n) is 6.59. The zero-order valence-electron chi connectivity index (χ0n) is 22.9. The molecule has 0 aliphatic heterocycles. The van der Waals surface area contributed by atoms with Gasteiger partial charge < -0.3 is 14.6 Å². The van der Waals surface area contributed by atoms with Crippen molar-refractivity contribution in [1.82, 2.24) is 0 Å². The normalized spacial score (nSPS) is 12.2. The minimum absolute atomic E-state index is 0. The van der Waals surface area contributed by atoms with Crippen LogP contribution in [0.5, 0.6) is 0 Å². The largest absolute Gasteiger partial charge is 0.862 e. The Morgan fingerprint density at radius 1 is 0.765 bits per heavy atom. The monoisotopic (exact) mass is 494 g/mol. The molecule has 0 aliphatic rings. The van der Waals surface area contributed by atoms with Crippen molar-refractivity contribution in [2.45, 2.75) is 117 Å². The molecule has 1 rings (SSSR count). The van der Waals surface area contributed by atoms with Crippen molar-refractivity contribution in [2.75, 3.05) is 27.2 Å². The number of hydrogen-bond donors (Lipinski definition) is 0. The zero-order chi connectivity index (χ0) is 24.2. The first-order valence-corrected chi connectivity index (χ1v) is 14.0. The van der Waals surface area contributed by atoms with E-state index in [0.29, 0.717) is 13.0 Å². The highest BCUT2D eigenvalue weighted by Gasteiger charge is 2.14. The van der Waals surface area contributed by atoms with E-state index in [-0.39, 0.29) is 18.3 Å². The van der Waals surface area contributed by atoms with Gasteiger partial charge in [-0.2, -0.15) is 0 Å². The molecule has 3 nitrogen and oxygen atoms in total. The summed E-state index contributed by atoms with van der Waals surface area (Å²) in [6.07, 6.45) is 19.1. The van der Waals surface area contributed by atoms with E-state index in [1.165, 1.54) is 82.6 Å². The van der Waals surface area contributed by atoms with Gasteiger partial charge >= 0.3 is 0 Å². The number of nitrogens with zero attached hydrogens (tertiary/aromatic N) is 2. The van der Waals surface area contributed by atoms with Crippen LogP contribution in [0, 0.1) is 5.92 Å². The number of unbranched alkanes of at least 4 members (excludes halogenated alkanes) is 11. The number of halogens is 1. The molecule has 1 aromatic rings. The molecule has 34 heavy (non-hydrogen) atoms. The molecule has 0 radical (unpaired) electrons. The first-order valence-electron chi connectivity index (χ1n) is 14.0. The number of benzene rings is 1. The molecule has 0 fully saturated rings. The number of hydrogen-bond acceptors (Lipinski definition) is 2. The van der Waals surface area contributed by atoms with Gasteiger partial charge in [0.1, 0.15) is 6.54 Å². The average Bonchev–Trinajstić information content (AvgIpc) is 2.77. The minimum Gasteiger partial charge on any atom is -0.862 e. The number of aliphatic imine (C=N–C) groups is 1. The fourth-order valence-corrected chi connectivity index (χ4v) is 4.53. The van der Waals surface area contributed by atoms with Gasteiger partial charge in [0.25, 0.3) is 0 Å². The number of rotatable bonds is 21. The molecular formula is C30H55ClN2O. The molecule has 0 saturated heterocycles. The van der Waals surface area contributed by atoms with Gasteiger partial charge in [-0.15, -0.1) is 12.4 Å². The summed E-state index contributed by atoms with van der Waals surface area (Å²) in [5.74, 6) is 0.974. The van der Waals surface area contributed by atoms with Crippen LogP contribution in [0.4, 0.5) is 0 Å². The van der Waals surface area contributed by atoms with E-state index in [2.05, 4.69) is 63.3 Å². The van der Waals surface area contributed by atoms with Crippen LogP contribution in [0.1, 0.15) is 116 Å². The second-order valence-corrected chi connectivity index (χ2v) is 11.1. The quantitative estimate of drug-likeness (QED) is 0.0738. The van der Waals surface area contributed by atoms with Crippen LogP contribution in [-0.4, -0.2) is 37.6 Å². The Hall–Kier alpha value is -1.06. The van der Waals surface area contributed by atoms with Gasteiger partial charge in [0.05, 0.1) is 20.6 Å². The van der Waals surface area contributed by atoms with Crippen LogP contribution < -0.4 is 5.11 Å². The van der Waals surface area contributed by atoms with Crippen LogP contribution in [0.2, 0.25) is 0 Å². The molecule has 0 aromatic heterocycles. The Balaban J connectivity index is 0.0000109. The first kappa shape index (κ1) is 32.9. The highest BCUT2D eigenvalue weighted by molar-refractivity contribution is 5.85. The lowest BCUT2D eigenvalue weighted by Gasteiger charge is -2.29. The molecule has 0 aliphatic carbocycles. The SMILES string of the molecule is CC(C)CCCCCCCCCCCCCCC([O-])=NCCC[N+](C)(C)Cc1ccccc1.Cl. The minimum atomic E-state index is 0. The topological polar surface area (TPSA) is 35.4 Å². The van der Waals surface area contributed by atoms with E-state index >= 15 is 0 Å². The molecule has 0 spiro atoms. The summed E-state index contributed by atoms with van der Waals surface area (Å²) in [6.45, 7) is 7.39. The van der Waals surface area contributed by atoms with Crippen LogP contribution in [0.3, 0.4) is 0 Å². The van der Waals surface area contributed by atoms with E-state index in [1.54, 1.807) is 0 Å². The molecule has 0 amide bonds. The summed E-state index contributed by atoms with van der Waals surface area (Å²) in [6, 6.07) is 10.6. The molecule has 0 N–H and O–H groups in total. The van der Waals surface area contributed by atoms with Gasteiger partial charge in [-0.3, -0.25) is 0 Å². The lowest BCUT2D eigenvalue weighted by Crippen LogP contribution is -2.39. The summed E-state index contributed by atoms with van der Waals surface area (Å²) in [5, 5.41) is 12.0. The van der Waals surface area contributed by atoms with Crippen molar-refractivity contribution in [3.8, 4) is 0 Å². The highest BCUT2D eigenvalue weighted by atomic mass is 35.5. The van der Waals surface area contributed by atoms with Crippen molar-refractivity contribution in [2.24, 2.45) is 10.9 Å². The summed E-state index contributed by atoms with van der Waals surface area (Å²) in [4.78, 5) is 4.29. The summed E-state index contributed by atoms with van der Waals surface area (Å²) >= 11 is 0. The van der Waals surface area contributed by atoms with E-state index in [0.717, 1.165) is 36.3 Å². The second-order valence-electron chi connectivity index (χ2n) is 11.1. The summed E-state index contributed by atoms with van der Waals surface area (Å²) < 4.78 is 0.937. The Labute approximate surface area is 218 Å². The molecule has 0 atom stereocenters. The molecule has 0 heterocycles. The Morgan fingerprint density at radius 2 is 1.26 bits per heavy atom. The molecule has 1 aromatic carbocycles. The zero-order valence-corrected chi connectivity index (χ0v) is 23.7. The van der Waals surface area contributed by atoms with Crippen molar-refractivity contribution in [1.29, 1.82) is 0 Å². The van der Waals surface area contributed by atoms with Crippen molar-refractivity contribution < 1.29 is 9.59 Å². The van der Waals surface area contributed by atoms with Crippen molar-refractivity contribution in [3.05, 3.63) is 35.9 Å². The van der Waals surface area contributed by atoms with Gasteiger partial charge in [-0.05, 0) is 24.7 Å². The lowest BCUT2D eigenvalue weighted by atomic mass is 10.0. The average molecular weight is 495 g/mol. The van der Waals surface area contributed by atoms with E-state index in [4.69, 9.17) is 0 Å². The van der Waals surface area contributed by atoms with Gasteiger partial charge in [0, 0.05) is 18.5 Å². The smallest absolute Gasteiger partial charge is 0.104 e. The van der Waals surface area contributed by atoms with Gasteiger partial charge in [-0.1, -0.05) is 121 Å². The van der Waals surface area contributed by atoms with Crippen LogP contribution in [0.25, 0.3) is 0 Å². The molecule has 0 bridgehead atoms. The number of quaternary nitrogens is 1. The molecular weight excluding hydrogens is 440 g/mol. The molecule has 4 heteroatoms. The third-order valence-corrected chi connectivity index (χ3v) is 6.59. The lowest BCUT2D eigenvalue weighted by molar-refractivity contribution is -0.903. The predicted octanol–water partition coefficient (Wildman–Crippen LogP) is 7.95. The van der Waals surface area contributed by atoms with Crippen LogP contribution in [-0.2, 0) is 6.54 Å². The van der Waals surface area contributed by atoms with Crippen LogP contribution >= 0.6 is 12.4 Å². The maximum Gasteiger partial charge on any atom is 0.104 e. The second kappa shape index (κ2) is 21.2. The standard InChI is InChI=1S/C30H54N2O.ClH/c1-28(2)21-16-13-11-9-7-5-6-8-10-12-14-19-24-30(33)31-25-20-26-32(3,4)27-29-22-17-15-18-23-29;/h15,17-18,22-23,28H,5-14,16,19-21,24-27H2,1-4H3;1H. The van der Waals surface area contributed by atoms with Gasteiger partial charge in [0.15, 0.2) is 0 Å². The fraction of sp³-hybridized carbons (Fsp3) is 0.767. The van der Waals surface area contributed by atoms with Crippen LogP contribution in [0.15, 0.2) is 35.3 Å². The van der Waals surface area contributed by atoms with Gasteiger partial charge in [-0.25, -0.2) is 0 Å². The molecule has 198 valence electrons. The first-order chi connectivity index (χ1) is 15.9. The van der Waals surface area contributed by atoms with Crippen molar-refractivity contribution >= 4 is 18.3 Å². The Bertz CT molecular complexity index is 601. The highest BCUT2D eigenvalue weighted by Crippen LogP contribution is 2.14. The maximum absolute atomic E-state index is 12.0. The van der Waals surface area contributed by atoms with E-state index in [1.807, 2.05) is 0 Å². The summed E-state index contributed by atoms with van der Waals surface area (Å²) in [7, 11) is 4.51. The molecule has 0 unspecified atom stereocenters. The van der Waals surface area contributed by atoms with Crippen molar-refractivity contribution in [3.63, 3.8) is 0 Å². The third kappa shape index (κ3) is 20.3. The van der Waals surface area contributed by atoms with E-state index < -0.39 is 0 Å². The fourth-order valence-electron chi connectivity index (χ4n) is 4.53. The van der Waals surface area contributed by atoms with Gasteiger partial charge in [0.2, 0.25) is 0 Å².